The minimum Gasteiger partial charge on any atom is -0.352 e. The number of hydrogen-bond acceptors (Lipinski definition) is 3. The van der Waals surface area contributed by atoms with Crippen LogP contribution in [-0.2, 0) is 14.8 Å². The normalized spacial score (nSPS) is 20.1. The lowest BCUT2D eigenvalue weighted by Gasteiger charge is -2.17. The fourth-order valence-electron chi connectivity index (χ4n) is 2.18. The number of carbonyl (C=O) groups is 1. The van der Waals surface area contributed by atoms with Gasteiger partial charge >= 0.3 is 0 Å². The molecule has 1 aliphatic heterocycles. The Kier molecular flexibility index (Phi) is 4.46. The molecule has 2 rings (SSSR count). The van der Waals surface area contributed by atoms with E-state index in [-0.39, 0.29) is 29.9 Å². The molecular weight excluding hydrogens is 351 g/mol. The van der Waals surface area contributed by atoms with Gasteiger partial charge in [0, 0.05) is 30.5 Å². The third kappa shape index (κ3) is 3.18. The zero-order valence-electron chi connectivity index (χ0n) is 10.8. The number of nitrogens with one attached hydrogen (secondary N) is 1. The molecule has 0 bridgehead atoms. The average Bonchev–Trinajstić information content (AvgIpc) is 2.76. The Morgan fingerprint density at radius 3 is 2.80 bits per heavy atom. The highest BCUT2D eigenvalue weighted by molar-refractivity contribution is 9.10. The molecule has 110 valence electrons. The van der Waals surface area contributed by atoms with Crippen LogP contribution in [-0.4, -0.2) is 37.8 Å². The zero-order chi connectivity index (χ0) is 14.9. The quantitative estimate of drug-likeness (QED) is 0.883. The molecule has 1 aliphatic rings. The number of amides is 1. The van der Waals surface area contributed by atoms with Crippen molar-refractivity contribution in [2.75, 3.05) is 13.1 Å². The van der Waals surface area contributed by atoms with Crippen molar-refractivity contribution in [2.24, 2.45) is 0 Å². The second kappa shape index (κ2) is 5.79. The highest BCUT2D eigenvalue weighted by Gasteiger charge is 2.34. The monoisotopic (exact) mass is 364 g/mol. The van der Waals surface area contributed by atoms with Gasteiger partial charge in [0.1, 0.15) is 10.7 Å². The molecule has 1 saturated heterocycles. The summed E-state index contributed by atoms with van der Waals surface area (Å²) in [6, 6.07) is 3.62. The van der Waals surface area contributed by atoms with E-state index in [0.717, 1.165) is 6.07 Å². The first-order chi connectivity index (χ1) is 9.30. The molecule has 0 aliphatic carbocycles. The van der Waals surface area contributed by atoms with E-state index in [1.54, 1.807) is 0 Å². The predicted octanol–water partition coefficient (Wildman–Crippen LogP) is 1.49. The minimum absolute atomic E-state index is 0.164. The SMILES string of the molecule is CC(=O)NC1CCN(S(=O)(=O)c2ccc(Br)cc2F)C1. The molecular formula is C12H14BrFN2O3S. The van der Waals surface area contributed by atoms with Crippen LogP contribution < -0.4 is 5.32 Å². The first kappa shape index (κ1) is 15.4. The molecule has 1 aromatic rings. The summed E-state index contributed by atoms with van der Waals surface area (Å²) in [5.74, 6) is -0.994. The van der Waals surface area contributed by atoms with Gasteiger partial charge in [0.2, 0.25) is 15.9 Å². The smallest absolute Gasteiger partial charge is 0.246 e. The van der Waals surface area contributed by atoms with E-state index < -0.39 is 15.8 Å². The molecule has 5 nitrogen and oxygen atoms in total. The fourth-order valence-corrected chi connectivity index (χ4v) is 4.05. The standard InChI is InChI=1S/C12H14BrFN2O3S/c1-8(17)15-10-4-5-16(7-10)20(18,19)12-3-2-9(13)6-11(12)14/h2-3,6,10H,4-5,7H2,1H3,(H,15,17). The van der Waals surface area contributed by atoms with Gasteiger partial charge in [0.15, 0.2) is 0 Å². The molecule has 1 N–H and O–H groups in total. The van der Waals surface area contributed by atoms with Crippen LogP contribution in [0.4, 0.5) is 4.39 Å². The van der Waals surface area contributed by atoms with Crippen LogP contribution in [0.25, 0.3) is 0 Å². The van der Waals surface area contributed by atoms with Crippen molar-refractivity contribution in [1.82, 2.24) is 9.62 Å². The number of sulfonamides is 1. The predicted molar refractivity (Wildman–Crippen MR) is 75.1 cm³/mol. The van der Waals surface area contributed by atoms with Gasteiger partial charge in [0.05, 0.1) is 0 Å². The second-order valence-electron chi connectivity index (χ2n) is 4.62. The average molecular weight is 365 g/mol. The number of rotatable bonds is 3. The van der Waals surface area contributed by atoms with Crippen LogP contribution in [0.3, 0.4) is 0 Å². The van der Waals surface area contributed by atoms with Crippen molar-refractivity contribution >= 4 is 31.9 Å². The maximum Gasteiger partial charge on any atom is 0.246 e. The molecule has 0 spiro atoms. The third-order valence-corrected chi connectivity index (χ3v) is 5.46. The van der Waals surface area contributed by atoms with Gasteiger partial charge in [-0.1, -0.05) is 15.9 Å². The van der Waals surface area contributed by atoms with E-state index in [0.29, 0.717) is 10.9 Å². The largest absolute Gasteiger partial charge is 0.352 e. The lowest BCUT2D eigenvalue weighted by molar-refractivity contribution is -0.119. The number of carbonyl (C=O) groups excluding carboxylic acids is 1. The molecule has 1 fully saturated rings. The Hall–Kier alpha value is -0.990. The maximum absolute atomic E-state index is 13.8. The van der Waals surface area contributed by atoms with Gasteiger partial charge in [-0.2, -0.15) is 4.31 Å². The Bertz CT molecular complexity index is 636. The number of hydrogen-bond donors (Lipinski definition) is 1. The van der Waals surface area contributed by atoms with Crippen LogP contribution in [0.15, 0.2) is 27.6 Å². The van der Waals surface area contributed by atoms with Crippen molar-refractivity contribution in [3.05, 3.63) is 28.5 Å². The van der Waals surface area contributed by atoms with Gasteiger partial charge < -0.3 is 5.32 Å². The molecule has 20 heavy (non-hydrogen) atoms. The first-order valence-electron chi connectivity index (χ1n) is 6.03. The van der Waals surface area contributed by atoms with E-state index in [9.17, 15) is 17.6 Å². The lowest BCUT2D eigenvalue weighted by Crippen LogP contribution is -2.37. The van der Waals surface area contributed by atoms with E-state index >= 15 is 0 Å². The summed E-state index contributed by atoms with van der Waals surface area (Å²) in [7, 11) is -3.87. The van der Waals surface area contributed by atoms with Crippen molar-refractivity contribution < 1.29 is 17.6 Å². The van der Waals surface area contributed by atoms with E-state index in [1.165, 1.54) is 23.4 Å². The second-order valence-corrected chi connectivity index (χ2v) is 7.45. The highest BCUT2D eigenvalue weighted by Crippen LogP contribution is 2.25. The molecule has 1 unspecified atom stereocenters. The van der Waals surface area contributed by atoms with Crippen LogP contribution in [0.5, 0.6) is 0 Å². The zero-order valence-corrected chi connectivity index (χ0v) is 13.2. The Labute approximate surface area is 125 Å². The van der Waals surface area contributed by atoms with Gasteiger partial charge in [-0.25, -0.2) is 12.8 Å². The van der Waals surface area contributed by atoms with Crippen molar-refractivity contribution in [2.45, 2.75) is 24.3 Å². The summed E-state index contributed by atoms with van der Waals surface area (Å²) in [4.78, 5) is 10.6. The Morgan fingerprint density at radius 1 is 1.50 bits per heavy atom. The first-order valence-corrected chi connectivity index (χ1v) is 8.26. The summed E-state index contributed by atoms with van der Waals surface area (Å²) >= 11 is 3.09. The van der Waals surface area contributed by atoms with Gasteiger partial charge in [-0.3, -0.25) is 4.79 Å². The Balaban J connectivity index is 2.21. The number of halogens is 2. The Morgan fingerprint density at radius 2 is 2.20 bits per heavy atom. The molecule has 1 aromatic carbocycles. The summed E-state index contributed by atoms with van der Waals surface area (Å²) in [6.07, 6.45) is 0.525. The maximum atomic E-state index is 13.8. The van der Waals surface area contributed by atoms with Crippen LogP contribution in [0.2, 0.25) is 0 Å². The van der Waals surface area contributed by atoms with Gasteiger partial charge in [0.25, 0.3) is 0 Å². The number of nitrogens with zero attached hydrogens (tertiary/aromatic N) is 1. The topological polar surface area (TPSA) is 66.5 Å². The molecule has 8 heteroatoms. The third-order valence-electron chi connectivity index (χ3n) is 3.07. The minimum atomic E-state index is -3.87. The summed E-state index contributed by atoms with van der Waals surface area (Å²) in [5.41, 5.74) is 0. The van der Waals surface area contributed by atoms with Crippen LogP contribution in [0.1, 0.15) is 13.3 Å². The molecule has 0 aromatic heterocycles. The summed E-state index contributed by atoms with van der Waals surface area (Å²) in [5, 5.41) is 2.67. The lowest BCUT2D eigenvalue weighted by atomic mass is 10.3. The van der Waals surface area contributed by atoms with Crippen molar-refractivity contribution in [3.63, 3.8) is 0 Å². The molecule has 1 atom stereocenters. The number of benzene rings is 1. The summed E-state index contributed by atoms with van der Waals surface area (Å²) in [6.45, 7) is 1.81. The van der Waals surface area contributed by atoms with E-state index in [4.69, 9.17) is 0 Å². The van der Waals surface area contributed by atoms with Gasteiger partial charge in [-0.05, 0) is 24.6 Å². The van der Waals surface area contributed by atoms with Crippen LogP contribution >= 0.6 is 15.9 Å². The fraction of sp³-hybridized carbons (Fsp3) is 0.417. The van der Waals surface area contributed by atoms with Gasteiger partial charge in [-0.15, -0.1) is 0 Å². The van der Waals surface area contributed by atoms with E-state index in [2.05, 4.69) is 21.2 Å². The van der Waals surface area contributed by atoms with Crippen molar-refractivity contribution in [1.29, 1.82) is 0 Å². The molecule has 1 heterocycles. The van der Waals surface area contributed by atoms with Crippen LogP contribution in [0, 0.1) is 5.82 Å². The molecule has 0 radical (unpaired) electrons. The van der Waals surface area contributed by atoms with Crippen molar-refractivity contribution in [3.8, 4) is 0 Å². The summed E-state index contributed by atoms with van der Waals surface area (Å²) < 4.78 is 40.2. The molecule has 0 saturated carbocycles. The van der Waals surface area contributed by atoms with E-state index in [1.807, 2.05) is 0 Å². The highest BCUT2D eigenvalue weighted by atomic mass is 79.9. The molecule has 1 amide bonds.